The third kappa shape index (κ3) is 10.3. The fraction of sp³-hybridized carbons (Fsp3) is 0.545. The lowest BCUT2D eigenvalue weighted by Gasteiger charge is -2.24. The molecular weight excluding hydrogens is 521 g/mol. The minimum Gasteiger partial charge on any atom is -0.444 e. The van der Waals surface area contributed by atoms with Crippen LogP contribution in [0.15, 0.2) is 42.0 Å². The van der Waals surface area contributed by atoms with Gasteiger partial charge in [0.2, 0.25) is 0 Å². The standard InChI is InChI=1S/C22H35N7O2.HI/c1-6-7-8-18(15-27-21(30)31-22(2,3)4)28-20(23-5)26-14-17-9-10-25-19(13-17)29-12-11-24-16-29;/h9-13,16,18H,6-8,14-15H2,1-5H3,(H,27,30)(H2,23,26,28);1H. The second kappa shape index (κ2) is 13.9. The average molecular weight is 557 g/mol. The lowest BCUT2D eigenvalue weighted by molar-refractivity contribution is 0.0523. The fourth-order valence-corrected chi connectivity index (χ4v) is 2.88. The molecule has 2 aromatic rings. The van der Waals surface area contributed by atoms with Gasteiger partial charge in [-0.1, -0.05) is 19.8 Å². The number of aliphatic imine (C=N–C) groups is 1. The normalized spacial score (nSPS) is 12.5. The molecule has 0 saturated carbocycles. The van der Waals surface area contributed by atoms with E-state index in [2.05, 4.69) is 37.8 Å². The van der Waals surface area contributed by atoms with E-state index < -0.39 is 11.7 Å². The van der Waals surface area contributed by atoms with E-state index in [1.165, 1.54) is 0 Å². The van der Waals surface area contributed by atoms with Gasteiger partial charge in [-0.3, -0.25) is 9.56 Å². The molecule has 3 N–H and O–H groups in total. The van der Waals surface area contributed by atoms with Crippen molar-refractivity contribution in [3.05, 3.63) is 42.6 Å². The van der Waals surface area contributed by atoms with E-state index in [9.17, 15) is 4.79 Å². The monoisotopic (exact) mass is 557 g/mol. The van der Waals surface area contributed by atoms with Crippen LogP contribution < -0.4 is 16.0 Å². The Bertz CT molecular complexity index is 835. The molecule has 178 valence electrons. The van der Waals surface area contributed by atoms with Gasteiger partial charge >= 0.3 is 6.09 Å². The molecule has 1 unspecified atom stereocenters. The number of carbonyl (C=O) groups excluding carboxylic acids is 1. The molecule has 0 radical (unpaired) electrons. The number of nitrogens with one attached hydrogen (secondary N) is 3. The summed E-state index contributed by atoms with van der Waals surface area (Å²) in [6.45, 7) is 8.74. The fourth-order valence-electron chi connectivity index (χ4n) is 2.88. The van der Waals surface area contributed by atoms with Gasteiger partial charge in [0, 0.05) is 44.8 Å². The van der Waals surface area contributed by atoms with E-state index >= 15 is 0 Å². The molecule has 10 heteroatoms. The first-order valence-corrected chi connectivity index (χ1v) is 10.7. The summed E-state index contributed by atoms with van der Waals surface area (Å²) < 4.78 is 7.20. The molecule has 9 nitrogen and oxygen atoms in total. The second-order valence-electron chi connectivity index (χ2n) is 8.28. The maximum absolute atomic E-state index is 12.0. The molecule has 1 atom stereocenters. The second-order valence-corrected chi connectivity index (χ2v) is 8.28. The number of hydrogen-bond acceptors (Lipinski definition) is 5. The Kier molecular flexibility index (Phi) is 12.0. The van der Waals surface area contributed by atoms with Crippen molar-refractivity contribution in [1.82, 2.24) is 30.5 Å². The van der Waals surface area contributed by atoms with Crippen LogP contribution in [0.1, 0.15) is 52.5 Å². The van der Waals surface area contributed by atoms with Crippen molar-refractivity contribution in [1.29, 1.82) is 0 Å². The number of unbranched alkanes of at least 4 members (excludes halogenated alkanes) is 1. The number of guanidine groups is 1. The summed E-state index contributed by atoms with van der Waals surface area (Å²) in [5, 5.41) is 9.59. The molecule has 32 heavy (non-hydrogen) atoms. The van der Waals surface area contributed by atoms with Crippen LogP contribution in [0.25, 0.3) is 5.82 Å². The topological polar surface area (TPSA) is 105 Å². The molecule has 2 aromatic heterocycles. The van der Waals surface area contributed by atoms with Gasteiger partial charge in [0.25, 0.3) is 0 Å². The van der Waals surface area contributed by atoms with Crippen LogP contribution in [-0.2, 0) is 11.3 Å². The van der Waals surface area contributed by atoms with Crippen LogP contribution in [-0.4, -0.2) is 51.8 Å². The van der Waals surface area contributed by atoms with E-state index in [-0.39, 0.29) is 30.0 Å². The van der Waals surface area contributed by atoms with E-state index in [1.807, 2.05) is 43.7 Å². The van der Waals surface area contributed by atoms with Crippen LogP contribution in [0.2, 0.25) is 0 Å². The zero-order chi connectivity index (χ0) is 22.7. The van der Waals surface area contributed by atoms with Gasteiger partial charge in [0.05, 0.1) is 0 Å². The first-order chi connectivity index (χ1) is 14.8. The van der Waals surface area contributed by atoms with Crippen molar-refractivity contribution in [2.75, 3.05) is 13.6 Å². The van der Waals surface area contributed by atoms with Gasteiger partial charge in [-0.2, -0.15) is 0 Å². The highest BCUT2D eigenvalue weighted by atomic mass is 127. The number of pyridine rings is 1. The van der Waals surface area contributed by atoms with Crippen molar-refractivity contribution in [2.24, 2.45) is 4.99 Å². The number of imidazole rings is 1. The maximum Gasteiger partial charge on any atom is 0.407 e. The lowest BCUT2D eigenvalue weighted by atomic mass is 10.1. The number of amides is 1. The minimum atomic E-state index is -0.520. The summed E-state index contributed by atoms with van der Waals surface area (Å²) in [7, 11) is 1.73. The Balaban J connectivity index is 0.00000512. The third-order valence-corrected chi connectivity index (χ3v) is 4.40. The molecule has 0 saturated heterocycles. The molecule has 0 aliphatic rings. The lowest BCUT2D eigenvalue weighted by Crippen LogP contribution is -2.48. The van der Waals surface area contributed by atoms with Crippen molar-refractivity contribution in [2.45, 2.75) is 65.1 Å². The SMILES string of the molecule is CCCCC(CNC(=O)OC(C)(C)C)NC(=NC)NCc1ccnc(-n2ccnc2)c1.I. The Hall–Kier alpha value is -2.37. The third-order valence-electron chi connectivity index (χ3n) is 4.40. The molecule has 2 heterocycles. The number of hydrogen-bond donors (Lipinski definition) is 3. The van der Waals surface area contributed by atoms with Crippen LogP contribution >= 0.6 is 24.0 Å². The number of ether oxygens (including phenoxy) is 1. The Morgan fingerprint density at radius 2 is 2.06 bits per heavy atom. The first kappa shape index (κ1) is 27.7. The zero-order valence-electron chi connectivity index (χ0n) is 19.6. The van der Waals surface area contributed by atoms with E-state index in [4.69, 9.17) is 4.74 Å². The smallest absolute Gasteiger partial charge is 0.407 e. The van der Waals surface area contributed by atoms with E-state index in [0.717, 1.165) is 30.6 Å². The summed E-state index contributed by atoms with van der Waals surface area (Å²) in [4.78, 5) is 24.8. The van der Waals surface area contributed by atoms with E-state index in [0.29, 0.717) is 19.0 Å². The van der Waals surface area contributed by atoms with Gasteiger partial charge in [-0.15, -0.1) is 24.0 Å². The number of rotatable bonds is 9. The van der Waals surface area contributed by atoms with Gasteiger partial charge in [-0.05, 0) is 44.9 Å². The molecule has 0 spiro atoms. The highest BCUT2D eigenvalue weighted by Gasteiger charge is 2.18. The minimum absolute atomic E-state index is 0. The first-order valence-electron chi connectivity index (χ1n) is 10.7. The number of aromatic nitrogens is 3. The Morgan fingerprint density at radius 1 is 1.28 bits per heavy atom. The maximum atomic E-state index is 12.0. The molecule has 2 rings (SSSR count). The van der Waals surface area contributed by atoms with Crippen LogP contribution in [0.4, 0.5) is 4.79 Å². The summed E-state index contributed by atoms with van der Waals surface area (Å²) >= 11 is 0. The highest BCUT2D eigenvalue weighted by molar-refractivity contribution is 14.0. The predicted octanol–water partition coefficient (Wildman–Crippen LogP) is 3.63. The largest absolute Gasteiger partial charge is 0.444 e. The summed E-state index contributed by atoms with van der Waals surface area (Å²) in [6.07, 6.45) is 9.69. The van der Waals surface area contributed by atoms with Gasteiger partial charge in [0.1, 0.15) is 17.7 Å². The molecule has 1 amide bonds. The van der Waals surface area contributed by atoms with Gasteiger partial charge in [-0.25, -0.2) is 14.8 Å². The number of nitrogens with zero attached hydrogens (tertiary/aromatic N) is 4. The van der Waals surface area contributed by atoms with Crippen LogP contribution in [0.3, 0.4) is 0 Å². The van der Waals surface area contributed by atoms with E-state index in [1.54, 1.807) is 25.8 Å². The molecule has 0 bridgehead atoms. The predicted molar refractivity (Wildman–Crippen MR) is 138 cm³/mol. The van der Waals surface area contributed by atoms with Crippen molar-refractivity contribution < 1.29 is 9.53 Å². The molecular formula is C22H36IN7O2. The average Bonchev–Trinajstić information content (AvgIpc) is 3.26. The quantitative estimate of drug-likeness (QED) is 0.247. The Labute approximate surface area is 207 Å². The molecule has 0 aliphatic carbocycles. The molecule has 0 fully saturated rings. The summed E-state index contributed by atoms with van der Waals surface area (Å²) in [6, 6.07) is 4.00. The van der Waals surface area contributed by atoms with Crippen molar-refractivity contribution in [3.63, 3.8) is 0 Å². The van der Waals surface area contributed by atoms with Gasteiger partial charge < -0.3 is 20.7 Å². The van der Waals surface area contributed by atoms with Crippen LogP contribution in [0.5, 0.6) is 0 Å². The van der Waals surface area contributed by atoms with Crippen molar-refractivity contribution in [3.8, 4) is 5.82 Å². The summed E-state index contributed by atoms with van der Waals surface area (Å²) in [5.74, 6) is 1.48. The van der Waals surface area contributed by atoms with Crippen molar-refractivity contribution >= 4 is 36.0 Å². The van der Waals surface area contributed by atoms with Gasteiger partial charge in [0.15, 0.2) is 5.96 Å². The number of carbonyl (C=O) groups is 1. The van der Waals surface area contributed by atoms with Crippen LogP contribution in [0, 0.1) is 0 Å². The zero-order valence-corrected chi connectivity index (χ0v) is 21.9. The highest BCUT2D eigenvalue weighted by Crippen LogP contribution is 2.08. The molecule has 0 aliphatic heterocycles. The Morgan fingerprint density at radius 3 is 2.69 bits per heavy atom. The number of alkyl carbamates (subject to hydrolysis) is 1. The molecule has 0 aromatic carbocycles. The number of halogens is 1. The summed E-state index contributed by atoms with van der Waals surface area (Å²) in [5.41, 5.74) is 0.548.